The zero-order valence-corrected chi connectivity index (χ0v) is 29.6. The van der Waals surface area contributed by atoms with E-state index >= 15 is 0 Å². The van der Waals surface area contributed by atoms with Crippen LogP contribution >= 0.6 is 0 Å². The summed E-state index contributed by atoms with van der Waals surface area (Å²) in [7, 11) is 3.30. The number of allylic oxidation sites excluding steroid dienone is 2. The summed E-state index contributed by atoms with van der Waals surface area (Å²) in [5.74, 6) is -0.943. The highest BCUT2D eigenvalue weighted by Crippen LogP contribution is 2.43. The molecule has 3 aromatic rings. The second kappa shape index (κ2) is 17.3. The SMILES string of the molecule is CCOC(=O)C1=C(C)NC(C)=C(C(=O)OCCN2CCN(C(c3ccc(OC)cc3)c3ccc(OC)cc3)CC2)C1c1ccccc1OC(F)F. The Hall–Kier alpha value is -4.94. The van der Waals surface area contributed by atoms with E-state index in [1.54, 1.807) is 53.2 Å². The molecule has 1 atom stereocenters. The van der Waals surface area contributed by atoms with Crippen molar-refractivity contribution < 1.29 is 42.1 Å². The summed E-state index contributed by atoms with van der Waals surface area (Å²) < 4.78 is 53.6. The Balaban J connectivity index is 1.28. The van der Waals surface area contributed by atoms with E-state index in [2.05, 4.69) is 39.4 Å². The average molecular weight is 706 g/mol. The first-order valence-corrected chi connectivity index (χ1v) is 17.0. The Labute approximate surface area is 297 Å². The van der Waals surface area contributed by atoms with Crippen molar-refractivity contribution in [1.82, 2.24) is 15.1 Å². The van der Waals surface area contributed by atoms with E-state index in [9.17, 15) is 18.4 Å². The van der Waals surface area contributed by atoms with Gasteiger partial charge in [-0.25, -0.2) is 9.59 Å². The number of dihydropyridines is 1. The van der Waals surface area contributed by atoms with Crippen molar-refractivity contribution in [2.45, 2.75) is 39.3 Å². The van der Waals surface area contributed by atoms with E-state index in [1.165, 1.54) is 6.07 Å². The molecule has 10 nitrogen and oxygen atoms in total. The van der Waals surface area contributed by atoms with Crippen molar-refractivity contribution in [2.75, 3.05) is 60.2 Å². The Bertz CT molecular complexity index is 1670. The smallest absolute Gasteiger partial charge is 0.387 e. The average Bonchev–Trinajstić information content (AvgIpc) is 3.12. The van der Waals surface area contributed by atoms with E-state index in [4.69, 9.17) is 23.7 Å². The summed E-state index contributed by atoms with van der Waals surface area (Å²) in [5.41, 5.74) is 3.66. The largest absolute Gasteiger partial charge is 0.497 e. The molecule has 0 aliphatic carbocycles. The van der Waals surface area contributed by atoms with Crippen LogP contribution < -0.4 is 19.5 Å². The number of esters is 2. The number of benzene rings is 3. The standard InChI is InChI=1S/C39H45F2N3O7/c1-6-49-37(45)33-25(2)42-26(3)34(35(33)31-9-7-8-10-32(31)51-39(40)41)38(46)50-24-23-43-19-21-44(22-20-43)36(27-11-15-29(47-4)16-12-27)28-13-17-30(48-5)18-14-28/h7-18,35-36,39,42H,6,19-24H2,1-5H3. The highest BCUT2D eigenvalue weighted by molar-refractivity contribution is 6.00. The van der Waals surface area contributed by atoms with Crippen LogP contribution in [0, 0.1) is 0 Å². The molecule has 1 N–H and O–H groups in total. The van der Waals surface area contributed by atoms with Crippen LogP contribution in [0.3, 0.4) is 0 Å². The number of hydrogen-bond donors (Lipinski definition) is 1. The molecule has 2 heterocycles. The van der Waals surface area contributed by atoms with Gasteiger partial charge in [0.1, 0.15) is 23.9 Å². The van der Waals surface area contributed by atoms with Gasteiger partial charge in [0.05, 0.1) is 43.9 Å². The molecule has 0 bridgehead atoms. The second-order valence-electron chi connectivity index (χ2n) is 12.2. The fourth-order valence-corrected chi connectivity index (χ4v) is 6.75. The molecule has 1 saturated heterocycles. The molecule has 0 saturated carbocycles. The lowest BCUT2D eigenvalue weighted by molar-refractivity contribution is -0.140. The third-order valence-corrected chi connectivity index (χ3v) is 9.20. The third-order valence-electron chi connectivity index (χ3n) is 9.20. The zero-order chi connectivity index (χ0) is 36.5. The summed E-state index contributed by atoms with van der Waals surface area (Å²) in [4.78, 5) is 31.7. The van der Waals surface area contributed by atoms with Gasteiger partial charge in [-0.05, 0) is 62.2 Å². The Morgan fingerprint density at radius 2 is 1.31 bits per heavy atom. The lowest BCUT2D eigenvalue weighted by Gasteiger charge is -2.39. The van der Waals surface area contributed by atoms with Gasteiger partial charge in [0, 0.05) is 49.7 Å². The van der Waals surface area contributed by atoms with Gasteiger partial charge in [0.25, 0.3) is 0 Å². The number of piperazine rings is 1. The molecule has 1 unspecified atom stereocenters. The molecule has 1 fully saturated rings. The fraction of sp³-hybridized carbons (Fsp3) is 0.385. The molecule has 0 radical (unpaired) electrons. The van der Waals surface area contributed by atoms with Crippen LogP contribution in [0.4, 0.5) is 8.78 Å². The third kappa shape index (κ3) is 8.87. The lowest BCUT2D eigenvalue weighted by Crippen LogP contribution is -2.48. The highest BCUT2D eigenvalue weighted by atomic mass is 19.3. The molecule has 51 heavy (non-hydrogen) atoms. The summed E-state index contributed by atoms with van der Waals surface area (Å²) >= 11 is 0. The number of carbonyl (C=O) groups is 2. The van der Waals surface area contributed by atoms with Gasteiger partial charge >= 0.3 is 18.6 Å². The molecule has 0 aromatic heterocycles. The van der Waals surface area contributed by atoms with Gasteiger partial charge in [-0.2, -0.15) is 8.78 Å². The minimum atomic E-state index is -3.10. The van der Waals surface area contributed by atoms with Crippen molar-refractivity contribution in [1.29, 1.82) is 0 Å². The van der Waals surface area contributed by atoms with Crippen LogP contribution in [0.5, 0.6) is 17.2 Å². The van der Waals surface area contributed by atoms with E-state index in [0.29, 0.717) is 17.9 Å². The second-order valence-corrected chi connectivity index (χ2v) is 12.2. The summed E-state index contributed by atoms with van der Waals surface area (Å²) in [6, 6.07) is 22.4. The molecule has 2 aliphatic rings. The number of rotatable bonds is 14. The van der Waals surface area contributed by atoms with E-state index in [0.717, 1.165) is 48.8 Å². The molecule has 12 heteroatoms. The minimum absolute atomic E-state index is 0.0227. The van der Waals surface area contributed by atoms with Crippen LogP contribution in [0.1, 0.15) is 49.4 Å². The number of nitrogens with one attached hydrogen (secondary N) is 1. The molecule has 272 valence electrons. The predicted molar refractivity (Wildman–Crippen MR) is 188 cm³/mol. The first-order chi connectivity index (χ1) is 24.6. The first kappa shape index (κ1) is 37.3. The van der Waals surface area contributed by atoms with Gasteiger partial charge < -0.3 is 29.0 Å². The van der Waals surface area contributed by atoms with Gasteiger partial charge in [0.15, 0.2) is 0 Å². The molecule has 2 aliphatic heterocycles. The van der Waals surface area contributed by atoms with Gasteiger partial charge in [-0.1, -0.05) is 42.5 Å². The number of ether oxygens (including phenoxy) is 5. The van der Waals surface area contributed by atoms with Gasteiger partial charge in [0.2, 0.25) is 0 Å². The van der Waals surface area contributed by atoms with Crippen molar-refractivity contribution in [3.05, 3.63) is 112 Å². The molecular formula is C39H45F2N3O7. The number of methoxy groups -OCH3 is 2. The van der Waals surface area contributed by atoms with Crippen molar-refractivity contribution >= 4 is 11.9 Å². The zero-order valence-electron chi connectivity index (χ0n) is 29.6. The quantitative estimate of drug-likeness (QED) is 0.200. The maximum Gasteiger partial charge on any atom is 0.387 e. The van der Waals surface area contributed by atoms with Crippen LogP contribution in [0.15, 0.2) is 95.3 Å². The normalized spacial score (nSPS) is 17.0. The topological polar surface area (TPSA) is 98.8 Å². The molecular weight excluding hydrogens is 660 g/mol. The van der Waals surface area contributed by atoms with Crippen LogP contribution in [-0.2, 0) is 19.1 Å². The number of nitrogens with zero attached hydrogens (tertiary/aromatic N) is 2. The number of para-hydroxylation sites is 1. The summed E-state index contributed by atoms with van der Waals surface area (Å²) in [5, 5.41) is 3.09. The number of alkyl halides is 2. The molecule has 0 spiro atoms. The molecule has 0 amide bonds. The van der Waals surface area contributed by atoms with Crippen molar-refractivity contribution in [2.24, 2.45) is 0 Å². The summed E-state index contributed by atoms with van der Waals surface area (Å²) in [6.07, 6.45) is 0. The van der Waals surface area contributed by atoms with Crippen molar-refractivity contribution in [3.63, 3.8) is 0 Å². The first-order valence-electron chi connectivity index (χ1n) is 17.0. The van der Waals surface area contributed by atoms with Crippen molar-refractivity contribution in [3.8, 4) is 17.2 Å². The van der Waals surface area contributed by atoms with E-state index < -0.39 is 24.5 Å². The van der Waals surface area contributed by atoms with E-state index in [1.807, 2.05) is 24.3 Å². The van der Waals surface area contributed by atoms with Crippen LogP contribution in [0.2, 0.25) is 0 Å². The lowest BCUT2D eigenvalue weighted by atomic mass is 9.80. The summed E-state index contributed by atoms with van der Waals surface area (Å²) in [6.45, 7) is 5.66. The van der Waals surface area contributed by atoms with Gasteiger partial charge in [-0.3, -0.25) is 9.80 Å². The van der Waals surface area contributed by atoms with Gasteiger partial charge in [-0.15, -0.1) is 0 Å². The van der Waals surface area contributed by atoms with Crippen LogP contribution in [0.25, 0.3) is 0 Å². The molecule has 5 rings (SSSR count). The van der Waals surface area contributed by atoms with E-state index in [-0.39, 0.29) is 41.7 Å². The number of hydrogen-bond acceptors (Lipinski definition) is 10. The Morgan fingerprint density at radius 1 is 0.784 bits per heavy atom. The maximum atomic E-state index is 13.8. The minimum Gasteiger partial charge on any atom is -0.497 e. The fourth-order valence-electron chi connectivity index (χ4n) is 6.75. The number of halogens is 2. The monoisotopic (exact) mass is 705 g/mol. The molecule has 3 aromatic carbocycles. The van der Waals surface area contributed by atoms with Crippen LogP contribution in [-0.4, -0.2) is 88.5 Å². The Kier molecular flexibility index (Phi) is 12.7. The maximum absolute atomic E-state index is 13.8. The Morgan fingerprint density at radius 3 is 1.82 bits per heavy atom. The number of carbonyl (C=O) groups excluding carboxylic acids is 2. The predicted octanol–water partition coefficient (Wildman–Crippen LogP) is 6.05. The highest BCUT2D eigenvalue weighted by Gasteiger charge is 2.40.